The molecule has 0 aromatic carbocycles. The molecule has 0 saturated heterocycles. The van der Waals surface area contributed by atoms with Gasteiger partial charge in [-0.15, -0.1) is 11.6 Å². The van der Waals surface area contributed by atoms with Gasteiger partial charge in [-0.3, -0.25) is 0 Å². The summed E-state index contributed by atoms with van der Waals surface area (Å²) >= 11 is 6.69. The monoisotopic (exact) mass is 324 g/mol. The Morgan fingerprint density at radius 3 is 2.32 bits per heavy atom. The zero-order valence-corrected chi connectivity index (χ0v) is 15.3. The second-order valence-corrected chi connectivity index (χ2v) is 10.5. The van der Waals surface area contributed by atoms with Gasteiger partial charge in [0.05, 0.1) is 6.10 Å². The quantitative estimate of drug-likeness (QED) is 0.604. The highest BCUT2D eigenvalue weighted by molar-refractivity contribution is 6.20. The van der Waals surface area contributed by atoms with Crippen LogP contribution in [0.2, 0.25) is 0 Å². The maximum absolute atomic E-state index is 11.0. The summed E-state index contributed by atoms with van der Waals surface area (Å²) in [5.74, 6) is 4.19. The molecule has 0 aliphatic heterocycles. The van der Waals surface area contributed by atoms with Crippen molar-refractivity contribution in [2.24, 2.45) is 40.4 Å². The molecule has 0 aromatic heterocycles. The summed E-state index contributed by atoms with van der Waals surface area (Å²) in [5, 5.41) is 11.4. The minimum absolute atomic E-state index is 0.104. The lowest BCUT2D eigenvalue weighted by Crippen LogP contribution is -2.50. The van der Waals surface area contributed by atoms with Crippen molar-refractivity contribution in [2.75, 3.05) is 0 Å². The Morgan fingerprint density at radius 2 is 1.55 bits per heavy atom. The minimum atomic E-state index is -0.115. The van der Waals surface area contributed by atoms with E-state index in [1.165, 1.54) is 51.4 Å². The maximum atomic E-state index is 11.0. The number of alkyl halides is 1. The fourth-order valence-electron chi connectivity index (χ4n) is 7.46. The van der Waals surface area contributed by atoms with Crippen LogP contribution in [0.3, 0.4) is 0 Å². The van der Waals surface area contributed by atoms with Crippen molar-refractivity contribution in [3.8, 4) is 0 Å². The van der Waals surface area contributed by atoms with Gasteiger partial charge in [-0.25, -0.2) is 0 Å². The van der Waals surface area contributed by atoms with Gasteiger partial charge in [-0.1, -0.05) is 27.2 Å². The molecule has 0 radical (unpaired) electrons. The molecule has 4 saturated carbocycles. The van der Waals surface area contributed by atoms with Crippen LogP contribution in [0, 0.1) is 40.4 Å². The lowest BCUT2D eigenvalue weighted by atomic mass is 9.50. The SMILES string of the molecule is CC1(C)CC2C3CCC4C(Cl)CCCC4C3CC[C@]2(C)[C@H]1O. The first-order chi connectivity index (χ1) is 10.3. The highest BCUT2D eigenvalue weighted by atomic mass is 35.5. The maximum Gasteiger partial charge on any atom is 0.0647 e. The van der Waals surface area contributed by atoms with Gasteiger partial charge in [0.2, 0.25) is 0 Å². The fourth-order valence-corrected chi connectivity index (χ4v) is 7.93. The standard InChI is InChI=1S/C20H33ClO/c1-19(2)11-16-14-7-8-15-12(5-4-6-17(15)21)13(14)9-10-20(16,3)18(19)22/h12-18,22H,4-11H2,1-3H3/t12?,13?,14?,15?,16?,17?,18-,20-/m0/s1. The van der Waals surface area contributed by atoms with E-state index in [-0.39, 0.29) is 16.9 Å². The first-order valence-corrected chi connectivity index (χ1v) is 10.1. The van der Waals surface area contributed by atoms with Crippen molar-refractivity contribution in [3.63, 3.8) is 0 Å². The first kappa shape index (κ1) is 15.8. The Hall–Kier alpha value is 0.250. The zero-order valence-electron chi connectivity index (χ0n) is 14.5. The third kappa shape index (κ3) is 2.07. The summed E-state index contributed by atoms with van der Waals surface area (Å²) in [4.78, 5) is 0. The third-order valence-corrected chi connectivity index (χ3v) is 9.00. The fraction of sp³-hybridized carbons (Fsp3) is 1.00. The average Bonchev–Trinajstić information content (AvgIpc) is 2.67. The van der Waals surface area contributed by atoms with Crippen molar-refractivity contribution in [1.29, 1.82) is 0 Å². The molecule has 4 aliphatic carbocycles. The van der Waals surface area contributed by atoms with E-state index in [2.05, 4.69) is 20.8 Å². The summed E-state index contributed by atoms with van der Waals surface area (Å²) < 4.78 is 0. The molecule has 0 amide bonds. The molecule has 126 valence electrons. The van der Waals surface area contributed by atoms with Crippen molar-refractivity contribution in [2.45, 2.75) is 83.6 Å². The molecule has 1 nitrogen and oxygen atoms in total. The summed E-state index contributed by atoms with van der Waals surface area (Å²) in [6, 6.07) is 0. The Bertz CT molecular complexity index is 447. The molecule has 4 fully saturated rings. The van der Waals surface area contributed by atoms with Gasteiger partial charge in [0.15, 0.2) is 0 Å². The van der Waals surface area contributed by atoms with Gasteiger partial charge < -0.3 is 5.11 Å². The largest absolute Gasteiger partial charge is 0.392 e. The normalized spacial score (nSPS) is 56.9. The predicted molar refractivity (Wildman–Crippen MR) is 91.9 cm³/mol. The number of hydrogen-bond acceptors (Lipinski definition) is 1. The number of halogens is 1. The summed E-state index contributed by atoms with van der Waals surface area (Å²) in [5.41, 5.74) is 0.277. The van der Waals surface area contributed by atoms with E-state index in [9.17, 15) is 5.11 Å². The Morgan fingerprint density at radius 1 is 0.864 bits per heavy atom. The van der Waals surface area contributed by atoms with Crippen LogP contribution < -0.4 is 0 Å². The zero-order chi connectivity index (χ0) is 15.7. The predicted octanol–water partition coefficient (Wildman–Crippen LogP) is 5.24. The molecule has 2 heteroatoms. The topological polar surface area (TPSA) is 20.2 Å². The molecule has 22 heavy (non-hydrogen) atoms. The lowest BCUT2D eigenvalue weighted by Gasteiger charge is -2.56. The molecular weight excluding hydrogens is 292 g/mol. The van der Waals surface area contributed by atoms with Crippen LogP contribution in [0.1, 0.15) is 72.1 Å². The Balaban J connectivity index is 1.62. The molecule has 0 bridgehead atoms. The van der Waals surface area contributed by atoms with Crippen molar-refractivity contribution < 1.29 is 5.11 Å². The van der Waals surface area contributed by atoms with Crippen LogP contribution in [0.4, 0.5) is 0 Å². The second-order valence-electron chi connectivity index (χ2n) is 9.93. The molecule has 1 N–H and O–H groups in total. The van der Waals surface area contributed by atoms with Crippen molar-refractivity contribution >= 4 is 11.6 Å². The van der Waals surface area contributed by atoms with E-state index >= 15 is 0 Å². The van der Waals surface area contributed by atoms with Gasteiger partial charge in [-0.05, 0) is 85.4 Å². The average molecular weight is 325 g/mol. The number of aliphatic hydroxyl groups excluding tert-OH is 1. The number of hydrogen-bond donors (Lipinski definition) is 1. The van der Waals surface area contributed by atoms with Gasteiger partial charge in [0, 0.05) is 5.38 Å². The van der Waals surface area contributed by atoms with Gasteiger partial charge in [0.1, 0.15) is 0 Å². The minimum Gasteiger partial charge on any atom is -0.392 e. The van der Waals surface area contributed by atoms with Gasteiger partial charge >= 0.3 is 0 Å². The highest BCUT2D eigenvalue weighted by Gasteiger charge is 2.61. The first-order valence-electron chi connectivity index (χ1n) is 9.67. The van der Waals surface area contributed by atoms with Crippen molar-refractivity contribution in [3.05, 3.63) is 0 Å². The van der Waals surface area contributed by atoms with E-state index in [1.54, 1.807) is 0 Å². The van der Waals surface area contributed by atoms with E-state index < -0.39 is 0 Å². The van der Waals surface area contributed by atoms with Gasteiger partial charge in [0.25, 0.3) is 0 Å². The summed E-state index contributed by atoms with van der Waals surface area (Å²) in [7, 11) is 0. The molecular formula is C20H33ClO. The highest BCUT2D eigenvalue weighted by Crippen LogP contribution is 2.66. The van der Waals surface area contributed by atoms with E-state index in [4.69, 9.17) is 11.6 Å². The number of aliphatic hydroxyl groups is 1. The van der Waals surface area contributed by atoms with E-state index in [0.29, 0.717) is 5.38 Å². The van der Waals surface area contributed by atoms with E-state index in [1.807, 2.05) is 0 Å². The molecule has 6 unspecified atom stereocenters. The van der Waals surface area contributed by atoms with Crippen LogP contribution in [-0.4, -0.2) is 16.6 Å². The van der Waals surface area contributed by atoms with Crippen molar-refractivity contribution in [1.82, 2.24) is 0 Å². The molecule has 0 heterocycles. The third-order valence-electron chi connectivity index (χ3n) is 8.46. The van der Waals surface area contributed by atoms with E-state index in [0.717, 1.165) is 29.6 Å². The van der Waals surface area contributed by atoms with Crippen LogP contribution in [0.15, 0.2) is 0 Å². The summed E-state index contributed by atoms with van der Waals surface area (Å²) in [6.07, 6.45) is 10.4. The summed E-state index contributed by atoms with van der Waals surface area (Å²) in [6.45, 7) is 6.97. The Labute approximate surface area is 141 Å². The van der Waals surface area contributed by atoms with Crippen LogP contribution in [-0.2, 0) is 0 Å². The van der Waals surface area contributed by atoms with Crippen LogP contribution in [0.5, 0.6) is 0 Å². The smallest absolute Gasteiger partial charge is 0.0647 e. The molecule has 0 aromatic rings. The van der Waals surface area contributed by atoms with Crippen LogP contribution >= 0.6 is 11.6 Å². The number of fused-ring (bicyclic) bond motifs is 5. The molecule has 4 aliphatic rings. The molecule has 0 spiro atoms. The molecule has 8 atom stereocenters. The second kappa shape index (κ2) is 5.12. The Kier molecular flexibility index (Phi) is 3.67. The molecule has 4 rings (SSSR count). The van der Waals surface area contributed by atoms with Gasteiger partial charge in [-0.2, -0.15) is 0 Å². The van der Waals surface area contributed by atoms with Crippen LogP contribution in [0.25, 0.3) is 0 Å². The number of rotatable bonds is 0. The lowest BCUT2D eigenvalue weighted by molar-refractivity contribution is -0.0881.